The highest BCUT2D eigenvalue weighted by atomic mass is 14.9. The van der Waals surface area contributed by atoms with Gasteiger partial charge in [0.2, 0.25) is 0 Å². The maximum absolute atomic E-state index is 4.89. The first-order valence-corrected chi connectivity index (χ1v) is 7.10. The maximum Gasteiger partial charge on any atom is 0.116 e. The molecule has 2 aliphatic carbocycles. The fraction of sp³-hybridized carbons (Fsp3) is 0.562. The molecule has 0 radical (unpaired) electrons. The van der Waals surface area contributed by atoms with Gasteiger partial charge in [0.1, 0.15) is 6.33 Å². The van der Waals surface area contributed by atoms with Crippen molar-refractivity contribution in [1.29, 1.82) is 0 Å². The van der Waals surface area contributed by atoms with Gasteiger partial charge in [0.25, 0.3) is 0 Å². The summed E-state index contributed by atoms with van der Waals surface area (Å²) in [7, 11) is 0. The van der Waals surface area contributed by atoms with E-state index < -0.39 is 0 Å². The third kappa shape index (κ3) is 1.17. The fourth-order valence-corrected chi connectivity index (χ4v) is 4.44. The van der Waals surface area contributed by atoms with Crippen LogP contribution >= 0.6 is 0 Å². The van der Waals surface area contributed by atoms with Crippen molar-refractivity contribution in [3.05, 3.63) is 29.9 Å². The minimum absolute atomic E-state index is 0.266. The summed E-state index contributed by atoms with van der Waals surface area (Å²) >= 11 is 0. The molecule has 98 valence electrons. The molecule has 19 heavy (non-hydrogen) atoms. The van der Waals surface area contributed by atoms with E-state index in [9.17, 15) is 0 Å². The maximum atomic E-state index is 4.89. The van der Waals surface area contributed by atoms with Crippen molar-refractivity contribution < 1.29 is 0 Å². The third-order valence-electron chi connectivity index (χ3n) is 5.96. The topological polar surface area (TPSA) is 38.1 Å². The van der Waals surface area contributed by atoms with Crippen LogP contribution in [0.25, 0.3) is 5.57 Å². The van der Waals surface area contributed by atoms with Crippen LogP contribution in [-0.4, -0.2) is 22.2 Å². The van der Waals surface area contributed by atoms with Gasteiger partial charge < -0.3 is 0 Å². The van der Waals surface area contributed by atoms with Crippen LogP contribution in [0.1, 0.15) is 39.3 Å². The molecule has 2 bridgehead atoms. The van der Waals surface area contributed by atoms with Crippen molar-refractivity contribution in [2.24, 2.45) is 21.7 Å². The monoisotopic (exact) mass is 253 g/mol. The van der Waals surface area contributed by atoms with Crippen LogP contribution in [-0.2, 0) is 0 Å². The van der Waals surface area contributed by atoms with Crippen molar-refractivity contribution in [3.8, 4) is 0 Å². The first-order valence-electron chi connectivity index (χ1n) is 7.10. The molecule has 1 aromatic rings. The Hall–Kier alpha value is -1.51. The molecular weight excluding hydrogens is 234 g/mol. The van der Waals surface area contributed by atoms with E-state index in [1.54, 1.807) is 6.33 Å². The average molecular weight is 253 g/mol. The van der Waals surface area contributed by atoms with Gasteiger partial charge in [-0.15, -0.1) is 0 Å². The standard InChI is InChI=1S/C16H19N3/c1-15(2)11-4-6-16(15,3)14-13(11)10(8-18-14)12-5-7-17-9-19-12/h5,7,9,11H,4,6,8H2,1-3H3. The largest absolute Gasteiger partial charge is 0.284 e. The molecule has 0 saturated heterocycles. The van der Waals surface area contributed by atoms with Crippen LogP contribution in [0.5, 0.6) is 0 Å². The molecule has 0 aromatic carbocycles. The van der Waals surface area contributed by atoms with E-state index in [0.29, 0.717) is 11.3 Å². The number of allylic oxidation sites excluding steroid dienone is 1. The lowest BCUT2D eigenvalue weighted by atomic mass is 9.70. The van der Waals surface area contributed by atoms with Gasteiger partial charge in [-0.2, -0.15) is 0 Å². The molecule has 2 atom stereocenters. The zero-order chi connectivity index (χ0) is 13.3. The second kappa shape index (κ2) is 3.33. The number of fused-ring (bicyclic) bond motifs is 5. The molecule has 2 fully saturated rings. The second-order valence-corrected chi connectivity index (χ2v) is 6.80. The van der Waals surface area contributed by atoms with E-state index in [2.05, 4.69) is 30.7 Å². The lowest BCUT2D eigenvalue weighted by Gasteiger charge is -2.33. The molecule has 1 aromatic heterocycles. The van der Waals surface area contributed by atoms with Gasteiger partial charge in [0.05, 0.1) is 12.2 Å². The zero-order valence-corrected chi connectivity index (χ0v) is 11.8. The van der Waals surface area contributed by atoms with Crippen molar-refractivity contribution >= 4 is 11.3 Å². The van der Waals surface area contributed by atoms with Crippen LogP contribution in [0.3, 0.4) is 0 Å². The average Bonchev–Trinajstić information content (AvgIpc) is 2.98. The molecule has 2 unspecified atom stereocenters. The lowest BCUT2D eigenvalue weighted by Crippen LogP contribution is -2.32. The highest BCUT2D eigenvalue weighted by Gasteiger charge is 2.63. The van der Waals surface area contributed by atoms with Crippen LogP contribution in [0.15, 0.2) is 29.2 Å². The zero-order valence-electron chi connectivity index (χ0n) is 11.8. The summed E-state index contributed by atoms with van der Waals surface area (Å²) in [5, 5.41) is 0. The van der Waals surface area contributed by atoms with Gasteiger partial charge in [-0.1, -0.05) is 20.8 Å². The van der Waals surface area contributed by atoms with E-state index in [0.717, 1.165) is 12.2 Å². The molecule has 3 aliphatic rings. The first kappa shape index (κ1) is 11.3. The van der Waals surface area contributed by atoms with Crippen molar-refractivity contribution in [2.75, 3.05) is 6.54 Å². The molecule has 0 amide bonds. The molecule has 2 saturated carbocycles. The minimum atomic E-state index is 0.266. The van der Waals surface area contributed by atoms with Crippen LogP contribution in [0, 0.1) is 16.7 Å². The van der Waals surface area contributed by atoms with Crippen LogP contribution in [0.4, 0.5) is 0 Å². The Kier molecular flexibility index (Phi) is 1.98. The van der Waals surface area contributed by atoms with Gasteiger partial charge in [-0.05, 0) is 35.8 Å². The highest BCUT2D eigenvalue weighted by molar-refractivity contribution is 6.16. The minimum Gasteiger partial charge on any atom is -0.284 e. The number of nitrogens with zero attached hydrogens (tertiary/aromatic N) is 3. The van der Waals surface area contributed by atoms with Crippen LogP contribution < -0.4 is 0 Å². The third-order valence-corrected chi connectivity index (χ3v) is 5.96. The van der Waals surface area contributed by atoms with Gasteiger partial charge in [0, 0.05) is 22.9 Å². The summed E-state index contributed by atoms with van der Waals surface area (Å²) in [5.74, 6) is 0.656. The Morgan fingerprint density at radius 1 is 1.26 bits per heavy atom. The van der Waals surface area contributed by atoms with Crippen LogP contribution in [0.2, 0.25) is 0 Å². The predicted octanol–water partition coefficient (Wildman–Crippen LogP) is 3.14. The number of aromatic nitrogens is 2. The molecule has 0 N–H and O–H groups in total. The quantitative estimate of drug-likeness (QED) is 0.771. The molecule has 1 aliphatic heterocycles. The molecule has 3 nitrogen and oxygen atoms in total. The molecule has 0 spiro atoms. The van der Waals surface area contributed by atoms with Gasteiger partial charge in [-0.25, -0.2) is 9.97 Å². The molecular formula is C16H19N3. The summed E-state index contributed by atoms with van der Waals surface area (Å²) in [4.78, 5) is 13.3. The molecule has 4 rings (SSSR count). The highest BCUT2D eigenvalue weighted by Crippen LogP contribution is 2.67. The van der Waals surface area contributed by atoms with E-state index in [1.807, 2.05) is 12.3 Å². The summed E-state index contributed by atoms with van der Waals surface area (Å²) < 4.78 is 0. The number of hydrogen-bond acceptors (Lipinski definition) is 3. The normalized spacial score (nSPS) is 34.7. The van der Waals surface area contributed by atoms with E-state index in [4.69, 9.17) is 4.99 Å². The molecule has 2 heterocycles. The Bertz CT molecular complexity index is 612. The first-order chi connectivity index (χ1) is 9.06. The number of aliphatic imine (C=N–C) groups is 1. The lowest BCUT2D eigenvalue weighted by molar-refractivity contribution is 0.202. The van der Waals surface area contributed by atoms with E-state index in [-0.39, 0.29) is 5.41 Å². The van der Waals surface area contributed by atoms with Gasteiger partial charge in [-0.3, -0.25) is 4.99 Å². The van der Waals surface area contributed by atoms with E-state index >= 15 is 0 Å². The van der Waals surface area contributed by atoms with Crippen molar-refractivity contribution in [3.63, 3.8) is 0 Å². The second-order valence-electron chi connectivity index (χ2n) is 6.80. The van der Waals surface area contributed by atoms with Crippen molar-refractivity contribution in [2.45, 2.75) is 33.6 Å². The Balaban J connectivity index is 1.91. The smallest absolute Gasteiger partial charge is 0.116 e. The predicted molar refractivity (Wildman–Crippen MR) is 75.9 cm³/mol. The van der Waals surface area contributed by atoms with Crippen molar-refractivity contribution in [1.82, 2.24) is 9.97 Å². The number of hydrogen-bond donors (Lipinski definition) is 0. The fourth-order valence-electron chi connectivity index (χ4n) is 4.44. The summed E-state index contributed by atoms with van der Waals surface area (Å²) in [6.45, 7) is 8.04. The Morgan fingerprint density at radius 2 is 2.11 bits per heavy atom. The summed E-state index contributed by atoms with van der Waals surface area (Å²) in [6.07, 6.45) is 6.05. The summed E-state index contributed by atoms with van der Waals surface area (Å²) in [5.41, 5.74) is 5.90. The van der Waals surface area contributed by atoms with E-state index in [1.165, 1.54) is 29.7 Å². The van der Waals surface area contributed by atoms with Gasteiger partial charge >= 0.3 is 0 Å². The Labute approximate surface area is 113 Å². The molecule has 3 heteroatoms. The Morgan fingerprint density at radius 3 is 2.84 bits per heavy atom. The van der Waals surface area contributed by atoms with Gasteiger partial charge in [0.15, 0.2) is 0 Å². The number of rotatable bonds is 1. The summed E-state index contributed by atoms with van der Waals surface area (Å²) in [6, 6.07) is 2.02. The SMILES string of the molecule is CC12CCC(C3=C(c4ccncn4)CN=C31)C2(C)C.